The largest absolute Gasteiger partial charge is 0.497 e. The van der Waals surface area contributed by atoms with Crippen molar-refractivity contribution in [2.24, 2.45) is 0 Å². The molecule has 3 aromatic rings. The van der Waals surface area contributed by atoms with Crippen LogP contribution < -0.4 is 15.4 Å². The number of urea groups is 1. The molecule has 3 N–H and O–H groups in total. The molecule has 0 radical (unpaired) electrons. The second-order valence-corrected chi connectivity index (χ2v) is 6.82. The first-order valence-corrected chi connectivity index (χ1v) is 8.80. The molecule has 7 nitrogen and oxygen atoms in total. The number of hydrogen-bond acceptors (Lipinski definition) is 5. The van der Waals surface area contributed by atoms with Gasteiger partial charge in [-0.3, -0.25) is 10.1 Å². The summed E-state index contributed by atoms with van der Waals surface area (Å²) in [6.07, 6.45) is 0. The van der Waals surface area contributed by atoms with E-state index in [0.29, 0.717) is 10.8 Å². The number of imidazole rings is 1. The van der Waals surface area contributed by atoms with Gasteiger partial charge < -0.3 is 15.0 Å². The van der Waals surface area contributed by atoms with E-state index < -0.39 is 17.2 Å². The van der Waals surface area contributed by atoms with Gasteiger partial charge in [-0.1, -0.05) is 30.0 Å². The normalized spacial score (nSPS) is 11.8. The third-order valence-corrected chi connectivity index (χ3v) is 4.58. The summed E-state index contributed by atoms with van der Waals surface area (Å²) in [4.78, 5) is 31.7. The average molecular weight is 370 g/mol. The van der Waals surface area contributed by atoms with Crippen LogP contribution in [0.4, 0.5) is 10.5 Å². The van der Waals surface area contributed by atoms with Crippen molar-refractivity contribution >= 4 is 40.4 Å². The number of hydrogen-bond donors (Lipinski definition) is 3. The van der Waals surface area contributed by atoms with Crippen LogP contribution in [-0.2, 0) is 4.79 Å². The van der Waals surface area contributed by atoms with E-state index in [-0.39, 0.29) is 0 Å². The Hall–Kier alpha value is -3.00. The lowest BCUT2D eigenvalue weighted by Crippen LogP contribution is -2.38. The summed E-state index contributed by atoms with van der Waals surface area (Å²) in [6, 6.07) is 13.9. The number of H-pyrrole nitrogens is 1. The van der Waals surface area contributed by atoms with Gasteiger partial charge in [-0.05, 0) is 31.2 Å². The molecule has 0 aliphatic rings. The molecule has 26 heavy (non-hydrogen) atoms. The number of fused-ring (bicyclic) bond motifs is 1. The number of nitrogens with one attached hydrogen (secondary N) is 3. The van der Waals surface area contributed by atoms with Crippen LogP contribution >= 0.6 is 11.8 Å². The second-order valence-electron chi connectivity index (χ2n) is 5.49. The fourth-order valence-corrected chi connectivity index (χ4v) is 3.09. The van der Waals surface area contributed by atoms with E-state index in [1.807, 2.05) is 24.3 Å². The van der Waals surface area contributed by atoms with Crippen LogP contribution in [0.3, 0.4) is 0 Å². The number of carbonyl (C=O) groups is 2. The summed E-state index contributed by atoms with van der Waals surface area (Å²) in [5.74, 6) is 0.322. The van der Waals surface area contributed by atoms with Crippen molar-refractivity contribution < 1.29 is 14.3 Å². The zero-order valence-electron chi connectivity index (χ0n) is 14.3. The first-order valence-electron chi connectivity index (χ1n) is 7.92. The highest BCUT2D eigenvalue weighted by Gasteiger charge is 2.19. The molecule has 1 aromatic heterocycles. The minimum Gasteiger partial charge on any atom is -0.497 e. The molecule has 3 amide bonds. The van der Waals surface area contributed by atoms with Crippen LogP contribution in [0.2, 0.25) is 0 Å². The highest BCUT2D eigenvalue weighted by molar-refractivity contribution is 8.00. The SMILES string of the molecule is COc1ccc2nc(SC(C)C(=O)NC(=O)Nc3ccccc3)[nH]c2c1. The standard InChI is InChI=1S/C18H18N4O3S/c1-11(16(23)22-17(24)19-12-6-4-3-5-7-12)26-18-20-14-9-8-13(25-2)10-15(14)21-18/h3-11H,1-2H3,(H,20,21)(H2,19,22,23,24). The van der Waals surface area contributed by atoms with Crippen molar-refractivity contribution in [1.82, 2.24) is 15.3 Å². The van der Waals surface area contributed by atoms with Gasteiger partial charge in [0, 0.05) is 11.8 Å². The molecule has 2 aromatic carbocycles. The van der Waals surface area contributed by atoms with Gasteiger partial charge in [-0.15, -0.1) is 0 Å². The van der Waals surface area contributed by atoms with E-state index in [4.69, 9.17) is 4.74 Å². The van der Waals surface area contributed by atoms with E-state index in [1.54, 1.807) is 38.3 Å². The summed E-state index contributed by atoms with van der Waals surface area (Å²) in [7, 11) is 1.60. The molecular formula is C18H18N4O3S. The van der Waals surface area contributed by atoms with Crippen LogP contribution in [0.25, 0.3) is 11.0 Å². The number of anilines is 1. The number of carbonyl (C=O) groups excluding carboxylic acids is 2. The summed E-state index contributed by atoms with van der Waals surface area (Å²) >= 11 is 1.24. The number of rotatable bonds is 5. The Balaban J connectivity index is 1.59. The lowest BCUT2D eigenvalue weighted by atomic mass is 10.3. The molecule has 8 heteroatoms. The Labute approximate surface area is 154 Å². The van der Waals surface area contributed by atoms with Crippen LogP contribution in [0.5, 0.6) is 5.75 Å². The molecule has 0 bridgehead atoms. The number of nitrogens with zero attached hydrogens (tertiary/aromatic N) is 1. The van der Waals surface area contributed by atoms with Gasteiger partial charge in [-0.2, -0.15) is 0 Å². The van der Waals surface area contributed by atoms with Gasteiger partial charge in [0.25, 0.3) is 0 Å². The molecule has 3 rings (SSSR count). The third-order valence-electron chi connectivity index (χ3n) is 3.59. The molecule has 0 saturated heterocycles. The van der Waals surface area contributed by atoms with E-state index in [0.717, 1.165) is 16.8 Å². The molecule has 0 fully saturated rings. The molecule has 1 heterocycles. The summed E-state index contributed by atoms with van der Waals surface area (Å²) < 4.78 is 5.18. The van der Waals surface area contributed by atoms with Crippen molar-refractivity contribution in [2.75, 3.05) is 12.4 Å². The van der Waals surface area contributed by atoms with Crippen molar-refractivity contribution in [3.8, 4) is 5.75 Å². The minimum absolute atomic E-state index is 0.401. The number of thioether (sulfide) groups is 1. The number of para-hydroxylation sites is 1. The zero-order valence-corrected chi connectivity index (χ0v) is 15.1. The van der Waals surface area contributed by atoms with Crippen LogP contribution in [0.15, 0.2) is 53.7 Å². The van der Waals surface area contributed by atoms with Crippen molar-refractivity contribution in [3.63, 3.8) is 0 Å². The third kappa shape index (κ3) is 4.34. The highest BCUT2D eigenvalue weighted by atomic mass is 32.2. The number of amides is 3. The average Bonchev–Trinajstić information content (AvgIpc) is 3.03. The molecular weight excluding hydrogens is 352 g/mol. The molecule has 1 atom stereocenters. The van der Waals surface area contributed by atoms with Crippen molar-refractivity contribution in [3.05, 3.63) is 48.5 Å². The number of methoxy groups -OCH3 is 1. The maximum Gasteiger partial charge on any atom is 0.325 e. The highest BCUT2D eigenvalue weighted by Crippen LogP contribution is 2.25. The second kappa shape index (κ2) is 7.92. The molecule has 0 spiro atoms. The van der Waals surface area contributed by atoms with Gasteiger partial charge in [0.2, 0.25) is 5.91 Å². The fraction of sp³-hybridized carbons (Fsp3) is 0.167. The van der Waals surface area contributed by atoms with Crippen molar-refractivity contribution in [2.45, 2.75) is 17.3 Å². The predicted octanol–water partition coefficient (Wildman–Crippen LogP) is 3.40. The lowest BCUT2D eigenvalue weighted by molar-refractivity contribution is -0.119. The Morgan fingerprint density at radius 2 is 1.96 bits per heavy atom. The number of ether oxygens (including phenoxy) is 1. The Kier molecular flexibility index (Phi) is 5.43. The Bertz CT molecular complexity index is 927. The van der Waals surface area contributed by atoms with Crippen molar-refractivity contribution in [1.29, 1.82) is 0 Å². The van der Waals surface area contributed by atoms with Crippen LogP contribution in [0.1, 0.15) is 6.92 Å². The summed E-state index contributed by atoms with van der Waals surface area (Å²) in [6.45, 7) is 1.71. The summed E-state index contributed by atoms with van der Waals surface area (Å²) in [5, 5.41) is 5.03. The first kappa shape index (κ1) is 17.8. The topological polar surface area (TPSA) is 96.1 Å². The molecule has 1 unspecified atom stereocenters. The Morgan fingerprint density at radius 3 is 2.69 bits per heavy atom. The maximum atomic E-state index is 12.2. The van der Waals surface area contributed by atoms with E-state index >= 15 is 0 Å². The van der Waals surface area contributed by atoms with E-state index in [9.17, 15) is 9.59 Å². The number of aromatic amines is 1. The van der Waals surface area contributed by atoms with Gasteiger partial charge in [-0.25, -0.2) is 9.78 Å². The van der Waals surface area contributed by atoms with E-state index in [2.05, 4.69) is 20.6 Å². The van der Waals surface area contributed by atoms with E-state index in [1.165, 1.54) is 11.8 Å². The molecule has 134 valence electrons. The zero-order chi connectivity index (χ0) is 18.5. The molecule has 0 aliphatic heterocycles. The monoisotopic (exact) mass is 370 g/mol. The Morgan fingerprint density at radius 1 is 1.19 bits per heavy atom. The van der Waals surface area contributed by atoms with Gasteiger partial charge in [0.1, 0.15) is 5.75 Å². The minimum atomic E-state index is -0.567. The quantitative estimate of drug-likeness (QED) is 0.598. The lowest BCUT2D eigenvalue weighted by Gasteiger charge is -2.10. The maximum absolute atomic E-state index is 12.2. The fourth-order valence-electron chi connectivity index (χ4n) is 2.27. The van der Waals surface area contributed by atoms with Gasteiger partial charge in [0.15, 0.2) is 5.16 Å². The number of benzene rings is 2. The number of imide groups is 1. The van der Waals surface area contributed by atoms with Crippen LogP contribution in [-0.4, -0.2) is 34.3 Å². The summed E-state index contributed by atoms with van der Waals surface area (Å²) in [5.41, 5.74) is 2.22. The van der Waals surface area contributed by atoms with Gasteiger partial charge in [0.05, 0.1) is 23.4 Å². The smallest absolute Gasteiger partial charge is 0.325 e. The van der Waals surface area contributed by atoms with Gasteiger partial charge >= 0.3 is 6.03 Å². The predicted molar refractivity (Wildman–Crippen MR) is 102 cm³/mol. The molecule has 0 aliphatic carbocycles. The first-order chi connectivity index (χ1) is 12.5. The molecule has 0 saturated carbocycles. The number of aromatic nitrogens is 2. The van der Waals surface area contributed by atoms with Crippen LogP contribution in [0, 0.1) is 0 Å².